The minimum Gasteiger partial charge on any atom is -0.381 e. The molecule has 0 bridgehead atoms. The van der Waals surface area contributed by atoms with E-state index >= 15 is 0 Å². The van der Waals surface area contributed by atoms with E-state index in [1.165, 1.54) is 5.56 Å². The van der Waals surface area contributed by atoms with Crippen molar-refractivity contribution in [2.45, 2.75) is 31.7 Å². The SMILES string of the molecule is Fc1cccc2c1CCC2NCC1CCOCC1. The van der Waals surface area contributed by atoms with Gasteiger partial charge < -0.3 is 10.1 Å². The Kier molecular flexibility index (Phi) is 3.62. The van der Waals surface area contributed by atoms with E-state index in [2.05, 4.69) is 11.4 Å². The van der Waals surface area contributed by atoms with Crippen molar-refractivity contribution in [2.24, 2.45) is 5.92 Å². The first-order chi connectivity index (χ1) is 8.84. The van der Waals surface area contributed by atoms with E-state index < -0.39 is 0 Å². The zero-order valence-corrected chi connectivity index (χ0v) is 10.6. The molecule has 1 aromatic carbocycles. The molecule has 1 atom stereocenters. The largest absolute Gasteiger partial charge is 0.381 e. The molecule has 0 aromatic heterocycles. The maximum absolute atomic E-state index is 13.6. The highest BCUT2D eigenvalue weighted by atomic mass is 19.1. The maximum atomic E-state index is 13.6. The molecule has 1 N–H and O–H groups in total. The van der Waals surface area contributed by atoms with Crippen molar-refractivity contribution in [1.29, 1.82) is 0 Å². The molecule has 1 unspecified atom stereocenters. The molecular weight excluding hydrogens is 229 g/mol. The Bertz CT molecular complexity index is 415. The van der Waals surface area contributed by atoms with Gasteiger partial charge in [-0.3, -0.25) is 0 Å². The first-order valence-corrected chi connectivity index (χ1v) is 6.93. The Morgan fingerprint density at radius 3 is 2.89 bits per heavy atom. The van der Waals surface area contributed by atoms with Crippen LogP contribution < -0.4 is 5.32 Å². The van der Waals surface area contributed by atoms with Crippen molar-refractivity contribution in [3.63, 3.8) is 0 Å². The predicted molar refractivity (Wildman–Crippen MR) is 69.0 cm³/mol. The quantitative estimate of drug-likeness (QED) is 0.889. The summed E-state index contributed by atoms with van der Waals surface area (Å²) < 4.78 is 19.0. The molecule has 0 saturated carbocycles. The second-order valence-corrected chi connectivity index (χ2v) is 5.36. The van der Waals surface area contributed by atoms with Gasteiger partial charge in [0.15, 0.2) is 0 Å². The summed E-state index contributed by atoms with van der Waals surface area (Å²) in [7, 11) is 0. The highest BCUT2D eigenvalue weighted by molar-refractivity contribution is 5.35. The topological polar surface area (TPSA) is 21.3 Å². The fourth-order valence-corrected chi connectivity index (χ4v) is 3.08. The fraction of sp³-hybridized carbons (Fsp3) is 0.600. The maximum Gasteiger partial charge on any atom is 0.126 e. The second kappa shape index (κ2) is 5.37. The lowest BCUT2D eigenvalue weighted by Gasteiger charge is -2.24. The van der Waals surface area contributed by atoms with Crippen molar-refractivity contribution in [1.82, 2.24) is 5.32 Å². The Balaban J connectivity index is 1.60. The third-order valence-corrected chi connectivity index (χ3v) is 4.21. The zero-order valence-electron chi connectivity index (χ0n) is 10.6. The van der Waals surface area contributed by atoms with Crippen LogP contribution in [0, 0.1) is 11.7 Å². The average molecular weight is 249 g/mol. The predicted octanol–water partition coefficient (Wildman–Crippen LogP) is 2.83. The van der Waals surface area contributed by atoms with Gasteiger partial charge in [0.1, 0.15) is 5.82 Å². The molecule has 1 saturated heterocycles. The molecule has 18 heavy (non-hydrogen) atoms. The molecule has 3 heteroatoms. The summed E-state index contributed by atoms with van der Waals surface area (Å²) in [6, 6.07) is 5.80. The summed E-state index contributed by atoms with van der Waals surface area (Å²) in [5.74, 6) is 0.680. The molecule has 1 aliphatic heterocycles. The Morgan fingerprint density at radius 1 is 1.22 bits per heavy atom. The van der Waals surface area contributed by atoms with E-state index in [9.17, 15) is 4.39 Å². The van der Waals surface area contributed by atoms with E-state index in [-0.39, 0.29) is 5.82 Å². The molecule has 1 aliphatic carbocycles. The number of benzene rings is 1. The lowest BCUT2D eigenvalue weighted by atomic mass is 9.99. The van der Waals surface area contributed by atoms with Crippen molar-refractivity contribution >= 4 is 0 Å². The molecule has 2 nitrogen and oxygen atoms in total. The number of rotatable bonds is 3. The van der Waals surface area contributed by atoms with Gasteiger partial charge in [0.2, 0.25) is 0 Å². The van der Waals surface area contributed by atoms with Crippen LogP contribution in [0.3, 0.4) is 0 Å². The van der Waals surface area contributed by atoms with E-state index in [1.807, 2.05) is 6.07 Å². The average Bonchev–Trinajstić information content (AvgIpc) is 2.82. The molecule has 2 aliphatic rings. The molecule has 0 radical (unpaired) electrons. The van der Waals surface area contributed by atoms with Crippen molar-refractivity contribution in [3.05, 3.63) is 35.1 Å². The Hall–Kier alpha value is -0.930. The fourth-order valence-electron chi connectivity index (χ4n) is 3.08. The van der Waals surface area contributed by atoms with Crippen molar-refractivity contribution < 1.29 is 9.13 Å². The standard InChI is InChI=1S/C15H20FNO/c16-14-3-1-2-13-12(14)4-5-15(13)17-10-11-6-8-18-9-7-11/h1-3,11,15,17H,4-10H2. The highest BCUT2D eigenvalue weighted by Crippen LogP contribution is 2.32. The molecule has 1 heterocycles. The molecule has 3 rings (SSSR count). The highest BCUT2D eigenvalue weighted by Gasteiger charge is 2.25. The molecular formula is C15H20FNO. The van der Waals surface area contributed by atoms with Gasteiger partial charge >= 0.3 is 0 Å². The van der Waals surface area contributed by atoms with Gasteiger partial charge in [-0.2, -0.15) is 0 Å². The van der Waals surface area contributed by atoms with Crippen LogP contribution in [0.5, 0.6) is 0 Å². The van der Waals surface area contributed by atoms with E-state index in [4.69, 9.17) is 4.74 Å². The van der Waals surface area contributed by atoms with E-state index in [0.29, 0.717) is 6.04 Å². The Morgan fingerprint density at radius 2 is 2.06 bits per heavy atom. The third-order valence-electron chi connectivity index (χ3n) is 4.21. The second-order valence-electron chi connectivity index (χ2n) is 5.36. The van der Waals surface area contributed by atoms with Crippen molar-refractivity contribution in [3.8, 4) is 0 Å². The summed E-state index contributed by atoms with van der Waals surface area (Å²) in [6.45, 7) is 2.81. The summed E-state index contributed by atoms with van der Waals surface area (Å²) in [5.41, 5.74) is 2.09. The first kappa shape index (κ1) is 12.1. The van der Waals surface area contributed by atoms with Crippen LogP contribution in [0.15, 0.2) is 18.2 Å². The van der Waals surface area contributed by atoms with E-state index in [0.717, 1.165) is 56.9 Å². The minimum absolute atomic E-state index is 0.0390. The molecule has 1 fully saturated rings. The lowest BCUT2D eigenvalue weighted by molar-refractivity contribution is 0.0654. The smallest absolute Gasteiger partial charge is 0.126 e. The van der Waals surface area contributed by atoms with Gasteiger partial charge in [-0.1, -0.05) is 12.1 Å². The van der Waals surface area contributed by atoms with Gasteiger partial charge in [0, 0.05) is 19.3 Å². The van der Waals surface area contributed by atoms with Gasteiger partial charge in [-0.25, -0.2) is 4.39 Å². The van der Waals surface area contributed by atoms with Gasteiger partial charge in [0.25, 0.3) is 0 Å². The monoisotopic (exact) mass is 249 g/mol. The first-order valence-electron chi connectivity index (χ1n) is 6.93. The number of hydrogen-bond donors (Lipinski definition) is 1. The summed E-state index contributed by atoms with van der Waals surface area (Å²) in [5, 5.41) is 3.61. The van der Waals surface area contributed by atoms with Crippen LogP contribution in [-0.4, -0.2) is 19.8 Å². The molecule has 0 amide bonds. The van der Waals surface area contributed by atoms with Crippen LogP contribution in [0.4, 0.5) is 4.39 Å². The van der Waals surface area contributed by atoms with Gasteiger partial charge in [-0.15, -0.1) is 0 Å². The molecule has 98 valence electrons. The third kappa shape index (κ3) is 2.43. The van der Waals surface area contributed by atoms with E-state index in [1.54, 1.807) is 6.07 Å². The normalized spacial score (nSPS) is 24.2. The minimum atomic E-state index is -0.0390. The Labute approximate surface area is 108 Å². The molecule has 0 spiro atoms. The number of ether oxygens (including phenoxy) is 1. The van der Waals surface area contributed by atoms with Crippen LogP contribution in [0.25, 0.3) is 0 Å². The van der Waals surface area contributed by atoms with Crippen LogP contribution in [0.2, 0.25) is 0 Å². The lowest BCUT2D eigenvalue weighted by Crippen LogP contribution is -2.29. The summed E-state index contributed by atoms with van der Waals surface area (Å²) >= 11 is 0. The summed E-state index contributed by atoms with van der Waals surface area (Å²) in [6.07, 6.45) is 4.19. The molecule has 1 aromatic rings. The summed E-state index contributed by atoms with van der Waals surface area (Å²) in [4.78, 5) is 0. The van der Waals surface area contributed by atoms with Crippen LogP contribution in [-0.2, 0) is 11.2 Å². The zero-order chi connectivity index (χ0) is 12.4. The van der Waals surface area contributed by atoms with Gasteiger partial charge in [-0.05, 0) is 55.3 Å². The number of nitrogens with one attached hydrogen (secondary N) is 1. The van der Waals surface area contributed by atoms with Crippen LogP contribution in [0.1, 0.15) is 36.4 Å². The van der Waals surface area contributed by atoms with Gasteiger partial charge in [0.05, 0.1) is 0 Å². The number of hydrogen-bond acceptors (Lipinski definition) is 2. The van der Waals surface area contributed by atoms with Crippen molar-refractivity contribution in [2.75, 3.05) is 19.8 Å². The number of fused-ring (bicyclic) bond motifs is 1. The van der Waals surface area contributed by atoms with Crippen LogP contribution >= 0.6 is 0 Å². The number of halogens is 1.